The third kappa shape index (κ3) is 6.04. The third-order valence-electron chi connectivity index (χ3n) is 4.56. The fourth-order valence-corrected chi connectivity index (χ4v) is 3.97. The molecule has 1 saturated carbocycles. The fraction of sp³-hybridized carbons (Fsp3) is 0.810. The van der Waals surface area contributed by atoms with Gasteiger partial charge < -0.3 is 18.9 Å². The first-order valence-electron chi connectivity index (χ1n) is 9.78. The molecular formula is C21H34O6. The Kier molecular flexibility index (Phi) is 6.42. The monoisotopic (exact) mass is 382 g/mol. The van der Waals surface area contributed by atoms with Crippen molar-refractivity contribution in [1.82, 2.24) is 0 Å². The molecule has 0 aromatic heterocycles. The molecule has 0 radical (unpaired) electrons. The van der Waals surface area contributed by atoms with Crippen LogP contribution in [0.1, 0.15) is 74.7 Å². The summed E-state index contributed by atoms with van der Waals surface area (Å²) in [6.07, 6.45) is 1.22. The van der Waals surface area contributed by atoms with Gasteiger partial charge in [-0.25, -0.2) is 9.59 Å². The van der Waals surface area contributed by atoms with E-state index in [-0.39, 0.29) is 11.8 Å². The lowest BCUT2D eigenvalue weighted by Gasteiger charge is -2.27. The molecule has 3 unspecified atom stereocenters. The average Bonchev–Trinajstić information content (AvgIpc) is 3.02. The van der Waals surface area contributed by atoms with Crippen molar-refractivity contribution < 1.29 is 28.5 Å². The van der Waals surface area contributed by atoms with Crippen molar-refractivity contribution in [2.45, 2.75) is 98.4 Å². The zero-order valence-electron chi connectivity index (χ0n) is 17.9. The van der Waals surface area contributed by atoms with Crippen LogP contribution in [0.15, 0.2) is 11.1 Å². The first-order chi connectivity index (χ1) is 12.3. The van der Waals surface area contributed by atoms with E-state index in [0.717, 1.165) is 19.3 Å². The molecule has 0 N–H and O–H groups in total. The molecule has 2 aliphatic rings. The van der Waals surface area contributed by atoms with Gasteiger partial charge in [-0.1, -0.05) is 0 Å². The molecule has 6 heteroatoms. The van der Waals surface area contributed by atoms with Gasteiger partial charge in [-0.2, -0.15) is 0 Å². The highest BCUT2D eigenvalue weighted by molar-refractivity contribution is 6.02. The van der Waals surface area contributed by atoms with Crippen LogP contribution >= 0.6 is 0 Å². The molecule has 4 atom stereocenters. The summed E-state index contributed by atoms with van der Waals surface area (Å²) in [5, 5.41) is 0. The predicted molar refractivity (Wildman–Crippen MR) is 101 cm³/mol. The molecule has 27 heavy (non-hydrogen) atoms. The Balaban J connectivity index is 2.12. The molecular weight excluding hydrogens is 348 g/mol. The number of ether oxygens (including phenoxy) is 4. The van der Waals surface area contributed by atoms with Crippen molar-refractivity contribution in [2.24, 2.45) is 11.8 Å². The van der Waals surface area contributed by atoms with Crippen LogP contribution in [0.25, 0.3) is 0 Å². The number of carbonyl (C=O) groups is 2. The standard InChI is InChI=1S/C21H34O6/c1-12(26-20(3,4)5)24-18(22)16-14-9-10-15(11-14)17(16)19(23)25-13(2)27-21(6,7)8/h12-15H,9-11H2,1-8H3/t12-,13?,14?,15?/m1/s1. The number of carbonyl (C=O) groups excluding carboxylic acids is 2. The van der Waals surface area contributed by atoms with Crippen LogP contribution in [0, 0.1) is 11.8 Å². The molecule has 2 rings (SSSR count). The van der Waals surface area contributed by atoms with Gasteiger partial charge in [0.1, 0.15) is 0 Å². The summed E-state index contributed by atoms with van der Waals surface area (Å²) in [6.45, 7) is 14.8. The highest BCUT2D eigenvalue weighted by Gasteiger charge is 2.46. The summed E-state index contributed by atoms with van der Waals surface area (Å²) in [7, 11) is 0. The Morgan fingerprint density at radius 2 is 1.11 bits per heavy atom. The summed E-state index contributed by atoms with van der Waals surface area (Å²) in [5.41, 5.74) is 0.0706. The summed E-state index contributed by atoms with van der Waals surface area (Å²) >= 11 is 0. The van der Waals surface area contributed by atoms with E-state index in [1.54, 1.807) is 13.8 Å². The molecule has 6 nitrogen and oxygen atoms in total. The highest BCUT2D eigenvalue weighted by atomic mass is 16.7. The van der Waals surface area contributed by atoms with E-state index in [1.807, 2.05) is 41.5 Å². The van der Waals surface area contributed by atoms with E-state index in [9.17, 15) is 9.59 Å². The second-order valence-electron chi connectivity index (χ2n) is 9.44. The summed E-state index contributed by atoms with van der Waals surface area (Å²) in [5.74, 6) is -0.831. The van der Waals surface area contributed by atoms with Crippen LogP contribution in [0.4, 0.5) is 0 Å². The number of hydrogen-bond donors (Lipinski definition) is 0. The molecule has 0 spiro atoms. The SMILES string of the molecule is CC(OC(=O)C1=C(C(=O)O[C@@H](C)OC(C)(C)C)C2CCC1C2)OC(C)(C)C. The first kappa shape index (κ1) is 21.9. The van der Waals surface area contributed by atoms with Crippen LogP contribution in [0.2, 0.25) is 0 Å². The molecule has 0 saturated heterocycles. The van der Waals surface area contributed by atoms with E-state index in [0.29, 0.717) is 11.1 Å². The van der Waals surface area contributed by atoms with E-state index in [2.05, 4.69) is 0 Å². The van der Waals surface area contributed by atoms with Crippen LogP contribution in [-0.4, -0.2) is 35.7 Å². The second-order valence-corrected chi connectivity index (χ2v) is 9.44. The Morgan fingerprint density at radius 1 is 0.778 bits per heavy atom. The molecule has 0 aliphatic heterocycles. The lowest BCUT2D eigenvalue weighted by Crippen LogP contribution is -2.32. The lowest BCUT2D eigenvalue weighted by molar-refractivity contribution is -0.196. The third-order valence-corrected chi connectivity index (χ3v) is 4.56. The van der Waals surface area contributed by atoms with Crippen molar-refractivity contribution in [3.63, 3.8) is 0 Å². The normalized spacial score (nSPS) is 24.7. The minimum atomic E-state index is -0.690. The van der Waals surface area contributed by atoms with Crippen molar-refractivity contribution in [3.8, 4) is 0 Å². The number of rotatable bonds is 6. The van der Waals surface area contributed by atoms with Gasteiger partial charge in [0.2, 0.25) is 12.6 Å². The molecule has 0 aromatic carbocycles. The molecule has 154 valence electrons. The topological polar surface area (TPSA) is 71.1 Å². The maximum absolute atomic E-state index is 12.8. The molecule has 2 aliphatic carbocycles. The van der Waals surface area contributed by atoms with Gasteiger partial charge in [0, 0.05) is 0 Å². The molecule has 2 bridgehead atoms. The van der Waals surface area contributed by atoms with Gasteiger partial charge in [0.25, 0.3) is 0 Å². The maximum Gasteiger partial charge on any atom is 0.337 e. The van der Waals surface area contributed by atoms with Gasteiger partial charge >= 0.3 is 11.9 Å². The Bertz CT molecular complexity index is 555. The van der Waals surface area contributed by atoms with Crippen LogP contribution in [-0.2, 0) is 28.5 Å². The predicted octanol–water partition coefficient (Wildman–Crippen LogP) is 4.12. The summed E-state index contributed by atoms with van der Waals surface area (Å²) < 4.78 is 22.3. The summed E-state index contributed by atoms with van der Waals surface area (Å²) in [6, 6.07) is 0. The summed E-state index contributed by atoms with van der Waals surface area (Å²) in [4.78, 5) is 25.5. The number of fused-ring (bicyclic) bond motifs is 2. The van der Waals surface area contributed by atoms with Crippen molar-refractivity contribution in [2.75, 3.05) is 0 Å². The van der Waals surface area contributed by atoms with E-state index < -0.39 is 35.7 Å². The van der Waals surface area contributed by atoms with Gasteiger partial charge in [-0.3, -0.25) is 0 Å². The zero-order chi connectivity index (χ0) is 20.6. The highest BCUT2D eigenvalue weighted by Crippen LogP contribution is 2.49. The number of hydrogen-bond acceptors (Lipinski definition) is 6. The first-order valence-corrected chi connectivity index (χ1v) is 9.78. The largest absolute Gasteiger partial charge is 0.433 e. The second kappa shape index (κ2) is 7.92. The number of esters is 2. The Labute approximate surface area is 162 Å². The van der Waals surface area contributed by atoms with E-state index >= 15 is 0 Å². The maximum atomic E-state index is 12.8. The van der Waals surface area contributed by atoms with Crippen molar-refractivity contribution in [3.05, 3.63) is 11.1 Å². The van der Waals surface area contributed by atoms with Crippen LogP contribution < -0.4 is 0 Å². The lowest BCUT2D eigenvalue weighted by atomic mass is 9.92. The van der Waals surface area contributed by atoms with Crippen LogP contribution in [0.3, 0.4) is 0 Å². The van der Waals surface area contributed by atoms with Gasteiger partial charge in [-0.15, -0.1) is 0 Å². The van der Waals surface area contributed by atoms with Gasteiger partial charge in [0.05, 0.1) is 22.3 Å². The average molecular weight is 382 g/mol. The Hall–Kier alpha value is -1.40. The Morgan fingerprint density at radius 3 is 1.41 bits per heavy atom. The van der Waals surface area contributed by atoms with Crippen LogP contribution in [0.5, 0.6) is 0 Å². The van der Waals surface area contributed by atoms with E-state index in [4.69, 9.17) is 18.9 Å². The molecule has 0 amide bonds. The molecule has 0 aromatic rings. The molecule has 1 fully saturated rings. The quantitative estimate of drug-likeness (QED) is 0.508. The van der Waals surface area contributed by atoms with Crippen molar-refractivity contribution >= 4 is 11.9 Å². The van der Waals surface area contributed by atoms with Crippen molar-refractivity contribution in [1.29, 1.82) is 0 Å². The van der Waals surface area contributed by atoms with E-state index in [1.165, 1.54) is 0 Å². The minimum absolute atomic E-state index is 0.0609. The fourth-order valence-electron chi connectivity index (χ4n) is 3.97. The van der Waals surface area contributed by atoms with Gasteiger partial charge in [-0.05, 0) is 86.5 Å². The zero-order valence-corrected chi connectivity index (χ0v) is 17.9. The van der Waals surface area contributed by atoms with Gasteiger partial charge in [0.15, 0.2) is 0 Å². The minimum Gasteiger partial charge on any atom is -0.433 e. The smallest absolute Gasteiger partial charge is 0.337 e. The molecule has 0 heterocycles.